The van der Waals surface area contributed by atoms with Crippen LogP contribution in [-0.2, 0) is 4.79 Å². The van der Waals surface area contributed by atoms with Gasteiger partial charge in [-0.3, -0.25) is 9.59 Å². The molecule has 1 heterocycles. The van der Waals surface area contributed by atoms with E-state index in [0.717, 1.165) is 11.1 Å². The second-order valence-corrected chi connectivity index (χ2v) is 6.54. The number of hydrogen-bond acceptors (Lipinski definition) is 2. The zero-order valence-electron chi connectivity index (χ0n) is 13.3. The maximum Gasteiger partial charge on any atom is 0.308 e. The van der Waals surface area contributed by atoms with Crippen LogP contribution in [0.25, 0.3) is 0 Å². The lowest BCUT2D eigenvalue weighted by Crippen LogP contribution is -2.29. The van der Waals surface area contributed by atoms with E-state index in [1.807, 2.05) is 37.3 Å². The minimum Gasteiger partial charge on any atom is -0.481 e. The molecule has 124 valence electrons. The Hall–Kier alpha value is -2.33. The SMILES string of the molecule is Cc1cc(C(=O)N2C[C@@H](C(=O)O)[C@H](c3ccccc3)C2)ccc1Cl. The number of halogens is 1. The van der Waals surface area contributed by atoms with Crippen molar-refractivity contribution in [3.63, 3.8) is 0 Å². The highest BCUT2D eigenvalue weighted by atomic mass is 35.5. The maximum atomic E-state index is 12.7. The van der Waals surface area contributed by atoms with Gasteiger partial charge in [0, 0.05) is 29.6 Å². The fourth-order valence-corrected chi connectivity index (χ4v) is 3.34. The summed E-state index contributed by atoms with van der Waals surface area (Å²) in [4.78, 5) is 26.0. The molecule has 1 N–H and O–H groups in total. The first-order valence-electron chi connectivity index (χ1n) is 7.80. The molecule has 0 saturated carbocycles. The summed E-state index contributed by atoms with van der Waals surface area (Å²) in [7, 11) is 0. The number of likely N-dealkylation sites (tertiary alicyclic amines) is 1. The topological polar surface area (TPSA) is 57.6 Å². The molecule has 3 rings (SSSR count). The number of nitrogens with zero attached hydrogens (tertiary/aromatic N) is 1. The highest BCUT2D eigenvalue weighted by Gasteiger charge is 2.40. The maximum absolute atomic E-state index is 12.7. The number of aryl methyl sites for hydroxylation is 1. The van der Waals surface area contributed by atoms with Gasteiger partial charge in [0.25, 0.3) is 5.91 Å². The fraction of sp³-hybridized carbons (Fsp3) is 0.263. The molecule has 1 saturated heterocycles. The quantitative estimate of drug-likeness (QED) is 0.926. The van der Waals surface area contributed by atoms with E-state index in [1.54, 1.807) is 23.1 Å². The number of carbonyl (C=O) groups excluding carboxylic acids is 1. The van der Waals surface area contributed by atoms with Crippen molar-refractivity contribution in [3.05, 3.63) is 70.2 Å². The first kappa shape index (κ1) is 16.5. The van der Waals surface area contributed by atoms with Gasteiger partial charge in [0.15, 0.2) is 0 Å². The zero-order chi connectivity index (χ0) is 17.3. The summed E-state index contributed by atoms with van der Waals surface area (Å²) >= 11 is 6.01. The third-order valence-corrected chi connectivity index (χ3v) is 4.98. The van der Waals surface area contributed by atoms with E-state index in [4.69, 9.17) is 11.6 Å². The van der Waals surface area contributed by atoms with Crippen LogP contribution in [0, 0.1) is 12.8 Å². The second kappa shape index (κ2) is 6.65. The van der Waals surface area contributed by atoms with E-state index in [1.165, 1.54) is 0 Å². The van der Waals surface area contributed by atoms with Gasteiger partial charge in [0.05, 0.1) is 5.92 Å². The van der Waals surface area contributed by atoms with Crippen molar-refractivity contribution in [2.75, 3.05) is 13.1 Å². The number of aliphatic carboxylic acids is 1. The Morgan fingerprint density at radius 2 is 1.83 bits per heavy atom. The van der Waals surface area contributed by atoms with Crippen LogP contribution in [0.15, 0.2) is 48.5 Å². The molecule has 0 aliphatic carbocycles. The van der Waals surface area contributed by atoms with Gasteiger partial charge in [0.2, 0.25) is 0 Å². The summed E-state index contributed by atoms with van der Waals surface area (Å²) < 4.78 is 0. The Morgan fingerprint density at radius 3 is 2.46 bits per heavy atom. The third kappa shape index (κ3) is 3.15. The van der Waals surface area contributed by atoms with Gasteiger partial charge in [-0.05, 0) is 36.2 Å². The normalized spacial score (nSPS) is 20.2. The van der Waals surface area contributed by atoms with Crippen LogP contribution >= 0.6 is 11.6 Å². The van der Waals surface area contributed by atoms with Gasteiger partial charge in [-0.2, -0.15) is 0 Å². The van der Waals surface area contributed by atoms with Crippen LogP contribution < -0.4 is 0 Å². The molecule has 1 aliphatic rings. The molecule has 0 radical (unpaired) electrons. The number of carbonyl (C=O) groups is 2. The Balaban J connectivity index is 1.86. The van der Waals surface area contributed by atoms with E-state index in [-0.39, 0.29) is 18.4 Å². The van der Waals surface area contributed by atoms with E-state index in [2.05, 4.69) is 0 Å². The number of benzene rings is 2. The average Bonchev–Trinajstić information content (AvgIpc) is 3.03. The van der Waals surface area contributed by atoms with E-state index < -0.39 is 11.9 Å². The predicted molar refractivity (Wildman–Crippen MR) is 92.4 cm³/mol. The molecule has 0 bridgehead atoms. The molecule has 0 aromatic heterocycles. The summed E-state index contributed by atoms with van der Waals surface area (Å²) in [5.74, 6) is -1.81. The Kier molecular flexibility index (Phi) is 4.58. The highest BCUT2D eigenvalue weighted by molar-refractivity contribution is 6.31. The molecule has 1 fully saturated rings. The van der Waals surface area contributed by atoms with Gasteiger partial charge >= 0.3 is 5.97 Å². The third-order valence-electron chi connectivity index (χ3n) is 4.56. The number of carboxylic acids is 1. The summed E-state index contributed by atoms with van der Waals surface area (Å²) in [5, 5.41) is 10.1. The number of hydrogen-bond donors (Lipinski definition) is 1. The van der Waals surface area contributed by atoms with Crippen LogP contribution in [0.5, 0.6) is 0 Å². The van der Waals surface area contributed by atoms with Crippen molar-refractivity contribution < 1.29 is 14.7 Å². The van der Waals surface area contributed by atoms with Crippen LogP contribution in [0.2, 0.25) is 5.02 Å². The summed E-state index contributed by atoms with van der Waals surface area (Å²) in [6, 6.07) is 14.6. The molecule has 4 nitrogen and oxygen atoms in total. The van der Waals surface area contributed by atoms with Crippen molar-refractivity contribution >= 4 is 23.5 Å². The first-order chi connectivity index (χ1) is 11.5. The molecule has 2 aromatic carbocycles. The molecule has 2 aromatic rings. The predicted octanol–water partition coefficient (Wildman–Crippen LogP) is 3.59. The monoisotopic (exact) mass is 343 g/mol. The van der Waals surface area contributed by atoms with Crippen LogP contribution in [-0.4, -0.2) is 35.0 Å². The Labute approximate surface area is 145 Å². The average molecular weight is 344 g/mol. The smallest absolute Gasteiger partial charge is 0.308 e. The van der Waals surface area contributed by atoms with Gasteiger partial charge in [-0.15, -0.1) is 0 Å². The van der Waals surface area contributed by atoms with E-state index >= 15 is 0 Å². The molecular weight excluding hydrogens is 326 g/mol. The minimum atomic E-state index is -0.869. The number of rotatable bonds is 3. The van der Waals surface area contributed by atoms with Crippen LogP contribution in [0.1, 0.15) is 27.4 Å². The highest BCUT2D eigenvalue weighted by Crippen LogP contribution is 2.33. The lowest BCUT2D eigenvalue weighted by Gasteiger charge is -2.17. The molecular formula is C19H18ClNO3. The van der Waals surface area contributed by atoms with Crippen molar-refractivity contribution in [2.45, 2.75) is 12.8 Å². The van der Waals surface area contributed by atoms with Crippen molar-refractivity contribution in [1.82, 2.24) is 4.90 Å². The number of carboxylic acid groups (broad SMARTS) is 1. The molecule has 1 amide bonds. The second-order valence-electron chi connectivity index (χ2n) is 6.14. The lowest BCUT2D eigenvalue weighted by molar-refractivity contribution is -0.141. The van der Waals surface area contributed by atoms with Crippen molar-refractivity contribution in [1.29, 1.82) is 0 Å². The Bertz CT molecular complexity index is 775. The molecule has 5 heteroatoms. The zero-order valence-corrected chi connectivity index (χ0v) is 14.0. The summed E-state index contributed by atoms with van der Waals surface area (Å²) in [6.45, 7) is 2.47. The van der Waals surface area contributed by atoms with Gasteiger partial charge in [0.1, 0.15) is 0 Å². The standard InChI is InChI=1S/C19H18ClNO3/c1-12-9-14(7-8-17(12)20)18(22)21-10-15(16(11-21)19(23)24)13-5-3-2-4-6-13/h2-9,15-16H,10-11H2,1H3,(H,23,24)/t15-,16+/m0/s1. The van der Waals surface area contributed by atoms with Crippen LogP contribution in [0.4, 0.5) is 0 Å². The van der Waals surface area contributed by atoms with Gasteiger partial charge in [-0.25, -0.2) is 0 Å². The van der Waals surface area contributed by atoms with Gasteiger partial charge < -0.3 is 10.0 Å². The summed E-state index contributed by atoms with van der Waals surface area (Å²) in [6.07, 6.45) is 0. The van der Waals surface area contributed by atoms with Crippen molar-refractivity contribution in [3.8, 4) is 0 Å². The van der Waals surface area contributed by atoms with Crippen molar-refractivity contribution in [2.24, 2.45) is 5.92 Å². The molecule has 24 heavy (non-hydrogen) atoms. The lowest BCUT2D eigenvalue weighted by atomic mass is 9.89. The van der Waals surface area contributed by atoms with E-state index in [9.17, 15) is 14.7 Å². The Morgan fingerprint density at radius 1 is 1.12 bits per heavy atom. The molecule has 0 unspecified atom stereocenters. The number of amides is 1. The first-order valence-corrected chi connectivity index (χ1v) is 8.18. The molecule has 2 atom stereocenters. The minimum absolute atomic E-state index is 0.153. The van der Waals surface area contributed by atoms with Gasteiger partial charge in [-0.1, -0.05) is 41.9 Å². The van der Waals surface area contributed by atoms with Crippen LogP contribution in [0.3, 0.4) is 0 Å². The molecule has 0 spiro atoms. The summed E-state index contributed by atoms with van der Waals surface area (Å²) in [5.41, 5.74) is 2.32. The largest absolute Gasteiger partial charge is 0.481 e. The molecule has 1 aliphatic heterocycles. The van der Waals surface area contributed by atoms with E-state index in [0.29, 0.717) is 17.1 Å². The fourth-order valence-electron chi connectivity index (χ4n) is 3.22.